The summed E-state index contributed by atoms with van der Waals surface area (Å²) < 4.78 is 43.8. The third-order valence-corrected chi connectivity index (χ3v) is 7.77. The molecule has 0 aromatic heterocycles. The predicted octanol–water partition coefficient (Wildman–Crippen LogP) is 10.1. The van der Waals surface area contributed by atoms with E-state index in [2.05, 4.69) is 36.1 Å². The molecule has 0 atom stereocenters. The Morgan fingerprint density at radius 2 is 1.44 bits per heavy atom. The van der Waals surface area contributed by atoms with Gasteiger partial charge in [-0.1, -0.05) is 61.9 Å². The molecule has 0 saturated heterocycles. The van der Waals surface area contributed by atoms with E-state index in [0.29, 0.717) is 18.7 Å². The van der Waals surface area contributed by atoms with E-state index >= 15 is 4.39 Å². The van der Waals surface area contributed by atoms with E-state index in [4.69, 9.17) is 0 Å². The van der Waals surface area contributed by atoms with E-state index < -0.39 is 11.6 Å². The molecule has 1 heterocycles. The standard InChI is InChI=1S/C35H30F3N/c1-3-4-15-39-20-31-25(16-22(2)36)17-23-9-5-7-11-27(23)34(31)35-28-12-8-6-10-24(28)18-30(32(35)21-39)29-14-13-26(37)19-33(29)38/h5-14,16-19H,3-4,15,20-21H2,1-2H3/b22-16-. The third-order valence-electron chi connectivity index (χ3n) is 7.77. The van der Waals surface area contributed by atoms with Crippen LogP contribution in [-0.4, -0.2) is 11.4 Å². The van der Waals surface area contributed by atoms with Crippen LogP contribution in [-0.2, 0) is 13.1 Å². The molecule has 0 aliphatic carbocycles. The summed E-state index contributed by atoms with van der Waals surface area (Å²) in [6, 6.07) is 24.3. The highest BCUT2D eigenvalue weighted by Crippen LogP contribution is 2.47. The maximum Gasteiger partial charge on any atom is 0.133 e. The Balaban J connectivity index is 1.80. The van der Waals surface area contributed by atoms with Crippen LogP contribution in [0.3, 0.4) is 0 Å². The zero-order valence-corrected chi connectivity index (χ0v) is 22.2. The molecule has 5 aromatic carbocycles. The molecule has 0 saturated carbocycles. The van der Waals surface area contributed by atoms with Crippen LogP contribution < -0.4 is 0 Å². The summed E-state index contributed by atoms with van der Waals surface area (Å²) in [5.41, 5.74) is 6.21. The molecule has 196 valence electrons. The lowest BCUT2D eigenvalue weighted by Crippen LogP contribution is -2.23. The maximum absolute atomic E-state index is 15.4. The second-order valence-electron chi connectivity index (χ2n) is 10.5. The van der Waals surface area contributed by atoms with Crippen molar-refractivity contribution >= 4 is 27.6 Å². The number of halogens is 3. The average Bonchev–Trinajstić information content (AvgIpc) is 3.09. The van der Waals surface area contributed by atoms with E-state index in [9.17, 15) is 8.78 Å². The minimum atomic E-state index is -0.595. The number of unbranched alkanes of at least 4 members (excludes halogenated alkanes) is 1. The molecule has 39 heavy (non-hydrogen) atoms. The molecule has 0 spiro atoms. The number of benzene rings is 5. The monoisotopic (exact) mass is 521 g/mol. The minimum absolute atomic E-state index is 0.246. The lowest BCUT2D eigenvalue weighted by molar-refractivity contribution is 0.255. The van der Waals surface area contributed by atoms with Crippen LogP contribution in [0, 0.1) is 11.6 Å². The molecular weight excluding hydrogens is 491 g/mol. The van der Waals surface area contributed by atoms with Gasteiger partial charge in [0.25, 0.3) is 0 Å². The van der Waals surface area contributed by atoms with E-state index in [1.54, 1.807) is 12.1 Å². The van der Waals surface area contributed by atoms with Gasteiger partial charge in [0, 0.05) is 24.7 Å². The van der Waals surface area contributed by atoms with Gasteiger partial charge in [0.2, 0.25) is 0 Å². The first-order chi connectivity index (χ1) is 18.9. The quantitative estimate of drug-likeness (QED) is 0.222. The Kier molecular flexibility index (Phi) is 6.74. The number of nitrogens with zero attached hydrogens (tertiary/aromatic N) is 1. The molecular formula is C35H30F3N. The van der Waals surface area contributed by atoms with Gasteiger partial charge in [0.15, 0.2) is 0 Å². The maximum atomic E-state index is 15.4. The van der Waals surface area contributed by atoms with Crippen molar-refractivity contribution < 1.29 is 13.2 Å². The lowest BCUT2D eigenvalue weighted by Gasteiger charge is -2.23. The Morgan fingerprint density at radius 3 is 2.10 bits per heavy atom. The first-order valence-corrected chi connectivity index (χ1v) is 13.6. The zero-order chi connectivity index (χ0) is 27.1. The summed E-state index contributed by atoms with van der Waals surface area (Å²) in [6.45, 7) is 5.76. The fourth-order valence-corrected chi connectivity index (χ4v) is 6.04. The second-order valence-corrected chi connectivity index (χ2v) is 10.5. The van der Waals surface area contributed by atoms with Crippen LogP contribution in [0.4, 0.5) is 13.2 Å². The van der Waals surface area contributed by atoms with E-state index in [-0.39, 0.29) is 5.83 Å². The number of hydrogen-bond donors (Lipinski definition) is 0. The third kappa shape index (κ3) is 4.63. The van der Waals surface area contributed by atoms with Crippen molar-refractivity contribution in [1.29, 1.82) is 0 Å². The van der Waals surface area contributed by atoms with Gasteiger partial charge < -0.3 is 0 Å². The fourth-order valence-electron chi connectivity index (χ4n) is 6.04. The van der Waals surface area contributed by atoms with Crippen molar-refractivity contribution in [3.63, 3.8) is 0 Å². The van der Waals surface area contributed by atoms with Crippen LogP contribution in [0.15, 0.2) is 84.7 Å². The van der Waals surface area contributed by atoms with Crippen molar-refractivity contribution in [3.8, 4) is 22.3 Å². The second kappa shape index (κ2) is 10.3. The van der Waals surface area contributed by atoms with Gasteiger partial charge in [-0.05, 0) is 105 Å². The summed E-state index contributed by atoms with van der Waals surface area (Å²) in [4.78, 5) is 2.38. The molecule has 0 radical (unpaired) electrons. The van der Waals surface area contributed by atoms with E-state index in [1.807, 2.05) is 36.4 Å². The van der Waals surface area contributed by atoms with Crippen LogP contribution in [0.2, 0.25) is 0 Å². The molecule has 5 aromatic rings. The molecule has 1 nitrogen and oxygen atoms in total. The topological polar surface area (TPSA) is 3.24 Å². The number of fused-ring (bicyclic) bond motifs is 7. The van der Waals surface area contributed by atoms with E-state index in [1.165, 1.54) is 13.0 Å². The van der Waals surface area contributed by atoms with Crippen molar-refractivity contribution in [3.05, 3.63) is 113 Å². The smallest absolute Gasteiger partial charge is 0.133 e. The predicted molar refractivity (Wildman–Crippen MR) is 156 cm³/mol. The number of hydrogen-bond acceptors (Lipinski definition) is 1. The van der Waals surface area contributed by atoms with Gasteiger partial charge in [-0.2, -0.15) is 0 Å². The molecule has 0 fully saturated rings. The molecule has 0 N–H and O–H groups in total. The Morgan fingerprint density at radius 1 is 0.795 bits per heavy atom. The van der Waals surface area contributed by atoms with Crippen molar-refractivity contribution in [1.82, 2.24) is 4.90 Å². The SMILES string of the molecule is CCCCN1Cc2c(/C=C(/C)F)cc3ccccc3c2-c2c(c(-c3ccc(F)cc3F)cc3ccccc23)C1. The molecule has 4 heteroatoms. The van der Waals surface area contributed by atoms with Crippen LogP contribution >= 0.6 is 0 Å². The van der Waals surface area contributed by atoms with Crippen molar-refractivity contribution in [2.75, 3.05) is 6.54 Å². The van der Waals surface area contributed by atoms with Gasteiger partial charge >= 0.3 is 0 Å². The van der Waals surface area contributed by atoms with Crippen molar-refractivity contribution in [2.24, 2.45) is 0 Å². The summed E-state index contributed by atoms with van der Waals surface area (Å²) >= 11 is 0. The molecule has 1 aliphatic rings. The van der Waals surface area contributed by atoms with Crippen molar-refractivity contribution in [2.45, 2.75) is 39.8 Å². The Bertz CT molecular complexity index is 1750. The average molecular weight is 522 g/mol. The van der Waals surface area contributed by atoms with Crippen LogP contribution in [0.1, 0.15) is 43.4 Å². The lowest BCUT2D eigenvalue weighted by atomic mass is 9.83. The summed E-state index contributed by atoms with van der Waals surface area (Å²) in [6.07, 6.45) is 3.68. The highest BCUT2D eigenvalue weighted by molar-refractivity contribution is 6.11. The molecule has 1 aliphatic heterocycles. The molecule has 0 unspecified atom stereocenters. The van der Waals surface area contributed by atoms with E-state index in [0.717, 1.165) is 80.4 Å². The summed E-state index contributed by atoms with van der Waals surface area (Å²) in [5, 5.41) is 4.16. The Labute approximate surface area is 227 Å². The summed E-state index contributed by atoms with van der Waals surface area (Å²) in [7, 11) is 0. The largest absolute Gasteiger partial charge is 0.295 e. The van der Waals surface area contributed by atoms with Gasteiger partial charge in [-0.3, -0.25) is 4.90 Å². The van der Waals surface area contributed by atoms with Crippen LogP contribution in [0.25, 0.3) is 49.9 Å². The summed E-state index contributed by atoms with van der Waals surface area (Å²) in [5.74, 6) is -1.42. The van der Waals surface area contributed by atoms with Gasteiger partial charge in [-0.25, -0.2) is 13.2 Å². The number of allylic oxidation sites excluding steroid dienone is 1. The highest BCUT2D eigenvalue weighted by Gasteiger charge is 2.28. The Hall–Kier alpha value is -3.89. The normalized spacial score (nSPS) is 13.9. The van der Waals surface area contributed by atoms with Gasteiger partial charge in [0.05, 0.1) is 5.83 Å². The highest BCUT2D eigenvalue weighted by atomic mass is 19.1. The van der Waals surface area contributed by atoms with Gasteiger partial charge in [-0.15, -0.1) is 0 Å². The number of rotatable bonds is 5. The van der Waals surface area contributed by atoms with Gasteiger partial charge in [0.1, 0.15) is 11.6 Å². The molecule has 6 rings (SSSR count). The van der Waals surface area contributed by atoms with Crippen LogP contribution in [0.5, 0.6) is 0 Å². The minimum Gasteiger partial charge on any atom is -0.295 e. The molecule has 0 bridgehead atoms. The zero-order valence-electron chi connectivity index (χ0n) is 22.2. The fraction of sp³-hybridized carbons (Fsp3) is 0.200. The first kappa shape index (κ1) is 25.4. The molecule has 0 amide bonds. The first-order valence-electron chi connectivity index (χ1n) is 13.6.